The van der Waals surface area contributed by atoms with E-state index in [1.54, 1.807) is 0 Å². The zero-order valence-corrected chi connectivity index (χ0v) is 11.6. The van der Waals surface area contributed by atoms with Crippen LogP contribution in [0.2, 0.25) is 0 Å². The van der Waals surface area contributed by atoms with Crippen molar-refractivity contribution in [2.45, 2.75) is 11.1 Å². The molecule has 2 atom stereocenters. The van der Waals surface area contributed by atoms with Crippen LogP contribution in [0.15, 0.2) is 24.3 Å². The molecule has 0 spiro atoms. The molecule has 1 aromatic rings. The number of halogens is 2. The number of hydrogen-bond donors (Lipinski definition) is 2. The molecule has 1 rings (SSSR count). The summed E-state index contributed by atoms with van der Waals surface area (Å²) >= 11 is 10.7. The van der Waals surface area contributed by atoms with Crippen LogP contribution >= 0.6 is 23.2 Å². The number of alkyl halides is 2. The molecule has 0 fully saturated rings. The Bertz CT molecular complexity index is 480. The average Bonchev–Trinajstić information content (AvgIpc) is 2.38. The van der Waals surface area contributed by atoms with E-state index in [0.29, 0.717) is 5.56 Å². The van der Waals surface area contributed by atoms with E-state index in [1.165, 1.54) is 24.3 Å². The minimum atomic E-state index is -1.28. The first-order chi connectivity index (χ1) is 9.32. The molecule has 0 heterocycles. The van der Waals surface area contributed by atoms with E-state index in [1.807, 2.05) is 0 Å². The van der Waals surface area contributed by atoms with Crippen LogP contribution in [0.25, 0.3) is 0 Å². The van der Waals surface area contributed by atoms with Crippen molar-refractivity contribution in [2.75, 3.05) is 6.61 Å². The van der Waals surface area contributed by atoms with Gasteiger partial charge < -0.3 is 15.6 Å². The lowest BCUT2D eigenvalue weighted by molar-refractivity contribution is -0.384. The number of nitrogens with two attached hydrogens (primary N) is 1. The van der Waals surface area contributed by atoms with Gasteiger partial charge >= 0.3 is 0 Å². The molecule has 0 aromatic heterocycles. The monoisotopic (exact) mass is 322 g/mol. The fourth-order valence-electron chi connectivity index (χ4n) is 1.53. The molecule has 3 N–H and O–H groups in total. The second kappa shape index (κ2) is 7.39. The molecule has 2 unspecified atom stereocenters. The van der Waals surface area contributed by atoms with Gasteiger partial charge in [0.25, 0.3) is 5.69 Å². The summed E-state index contributed by atoms with van der Waals surface area (Å²) in [5.74, 6) is -1.87. The van der Waals surface area contributed by atoms with Crippen molar-refractivity contribution in [1.29, 1.82) is 0 Å². The van der Waals surface area contributed by atoms with Crippen molar-refractivity contribution in [3.63, 3.8) is 0 Å². The summed E-state index contributed by atoms with van der Waals surface area (Å²) < 4.78 is 4.83. The summed E-state index contributed by atoms with van der Waals surface area (Å²) in [6.07, 6.45) is -1.28. The van der Waals surface area contributed by atoms with Gasteiger partial charge in [-0.15, -0.1) is 0 Å². The number of carbonyl (C=O) groups is 1. The number of non-ortho nitro benzene ring substituents is 1. The highest BCUT2D eigenvalue weighted by molar-refractivity contribution is 6.43. The standard InChI is InChI=1S/C11H12Cl2N2O5/c12-11(13)20-5-8(10(14)17)9(16)6-1-3-7(4-2-6)15(18)19/h1-4,8-9,11,16H,5H2,(H2,14,17). The Morgan fingerprint density at radius 2 is 1.95 bits per heavy atom. The van der Waals surface area contributed by atoms with Crippen LogP contribution in [0.4, 0.5) is 5.69 Å². The first-order valence-electron chi connectivity index (χ1n) is 5.44. The van der Waals surface area contributed by atoms with Crippen LogP contribution in [0.3, 0.4) is 0 Å². The molecular weight excluding hydrogens is 311 g/mol. The van der Waals surface area contributed by atoms with Gasteiger partial charge in [-0.1, -0.05) is 23.2 Å². The molecule has 1 aromatic carbocycles. The number of nitrogens with zero attached hydrogens (tertiary/aromatic N) is 1. The van der Waals surface area contributed by atoms with Gasteiger partial charge in [0, 0.05) is 12.1 Å². The van der Waals surface area contributed by atoms with Gasteiger partial charge in [0.2, 0.25) is 10.9 Å². The van der Waals surface area contributed by atoms with Gasteiger partial charge in [0.1, 0.15) is 0 Å². The smallest absolute Gasteiger partial charge is 0.269 e. The van der Waals surface area contributed by atoms with Gasteiger partial charge in [0.05, 0.1) is 23.6 Å². The number of hydrogen-bond acceptors (Lipinski definition) is 5. The van der Waals surface area contributed by atoms with E-state index in [4.69, 9.17) is 33.7 Å². The molecule has 0 bridgehead atoms. The number of rotatable bonds is 7. The van der Waals surface area contributed by atoms with Crippen molar-refractivity contribution in [2.24, 2.45) is 11.7 Å². The van der Waals surface area contributed by atoms with Crippen LogP contribution in [0, 0.1) is 16.0 Å². The third-order valence-corrected chi connectivity index (χ3v) is 2.85. The molecule has 110 valence electrons. The van der Waals surface area contributed by atoms with Crippen molar-refractivity contribution in [3.05, 3.63) is 39.9 Å². The lowest BCUT2D eigenvalue weighted by atomic mass is 9.95. The van der Waals surface area contributed by atoms with Gasteiger partial charge in [-0.3, -0.25) is 14.9 Å². The number of ether oxygens (including phenoxy) is 1. The Morgan fingerprint density at radius 1 is 1.40 bits per heavy atom. The lowest BCUT2D eigenvalue weighted by Crippen LogP contribution is -2.33. The zero-order valence-electron chi connectivity index (χ0n) is 10.1. The van der Waals surface area contributed by atoms with Crippen molar-refractivity contribution < 1.29 is 19.6 Å². The summed E-state index contributed by atoms with van der Waals surface area (Å²) in [4.78, 5) is 21.2. The third-order valence-electron chi connectivity index (χ3n) is 2.59. The maximum Gasteiger partial charge on any atom is 0.269 e. The molecule has 0 saturated carbocycles. The van der Waals surface area contributed by atoms with Gasteiger partial charge in [-0.2, -0.15) is 0 Å². The molecule has 7 nitrogen and oxygen atoms in total. The van der Waals surface area contributed by atoms with E-state index in [9.17, 15) is 20.0 Å². The number of benzene rings is 1. The molecular formula is C11H12Cl2N2O5. The van der Waals surface area contributed by atoms with Gasteiger partial charge in [-0.25, -0.2) is 0 Å². The summed E-state index contributed by atoms with van der Waals surface area (Å²) in [6, 6.07) is 5.09. The van der Waals surface area contributed by atoms with E-state index >= 15 is 0 Å². The lowest BCUT2D eigenvalue weighted by Gasteiger charge is -2.20. The quantitative estimate of drug-likeness (QED) is 0.448. The Balaban J connectivity index is 2.85. The fourth-order valence-corrected chi connectivity index (χ4v) is 1.68. The highest BCUT2D eigenvalue weighted by Gasteiger charge is 2.27. The number of amides is 1. The first-order valence-corrected chi connectivity index (χ1v) is 6.31. The first kappa shape index (κ1) is 16.6. The Hall–Kier alpha value is -1.41. The van der Waals surface area contributed by atoms with Crippen LogP contribution < -0.4 is 5.73 Å². The number of aliphatic hydroxyl groups excluding tert-OH is 1. The zero-order chi connectivity index (χ0) is 15.3. The van der Waals surface area contributed by atoms with Crippen molar-refractivity contribution in [3.8, 4) is 0 Å². The molecule has 20 heavy (non-hydrogen) atoms. The Morgan fingerprint density at radius 3 is 2.35 bits per heavy atom. The Labute approximate surface area is 124 Å². The second-order valence-corrected chi connectivity index (χ2v) is 4.91. The SMILES string of the molecule is NC(=O)C(COC(Cl)Cl)C(O)c1ccc([N+](=O)[O-])cc1. The van der Waals surface area contributed by atoms with Crippen LogP contribution in [0.1, 0.15) is 11.7 Å². The predicted octanol–water partition coefficient (Wildman–Crippen LogP) is 1.51. The highest BCUT2D eigenvalue weighted by atomic mass is 35.5. The third kappa shape index (κ3) is 4.61. The van der Waals surface area contributed by atoms with Crippen molar-refractivity contribution in [1.82, 2.24) is 0 Å². The van der Waals surface area contributed by atoms with Crippen LogP contribution in [-0.4, -0.2) is 27.6 Å². The molecule has 0 aliphatic rings. The minimum Gasteiger partial charge on any atom is -0.387 e. The Kier molecular flexibility index (Phi) is 6.15. The second-order valence-electron chi connectivity index (χ2n) is 3.90. The van der Waals surface area contributed by atoms with E-state index in [-0.39, 0.29) is 12.3 Å². The van der Waals surface area contributed by atoms with Crippen LogP contribution in [-0.2, 0) is 9.53 Å². The molecule has 0 aliphatic carbocycles. The maximum atomic E-state index is 11.3. The number of carbonyl (C=O) groups excluding carboxylic acids is 1. The van der Waals surface area contributed by atoms with Gasteiger partial charge in [0.15, 0.2) is 0 Å². The van der Waals surface area contributed by atoms with E-state index in [2.05, 4.69) is 0 Å². The maximum absolute atomic E-state index is 11.3. The van der Waals surface area contributed by atoms with Crippen molar-refractivity contribution >= 4 is 34.8 Å². The fraction of sp³-hybridized carbons (Fsp3) is 0.364. The average molecular weight is 323 g/mol. The number of aliphatic hydroxyl groups is 1. The van der Waals surface area contributed by atoms with Crippen LogP contribution in [0.5, 0.6) is 0 Å². The van der Waals surface area contributed by atoms with E-state index < -0.39 is 27.9 Å². The molecule has 0 aliphatic heterocycles. The number of nitro benzene ring substituents is 1. The summed E-state index contributed by atoms with van der Waals surface area (Å²) in [6.45, 7) is -0.273. The number of primary amides is 1. The minimum absolute atomic E-state index is 0.130. The number of nitro groups is 1. The largest absolute Gasteiger partial charge is 0.387 e. The normalized spacial score (nSPS) is 14.0. The summed E-state index contributed by atoms with van der Waals surface area (Å²) in [5.41, 5.74) is 5.33. The summed E-state index contributed by atoms with van der Waals surface area (Å²) in [7, 11) is 0. The topological polar surface area (TPSA) is 116 Å². The molecule has 9 heteroatoms. The molecule has 1 amide bonds. The molecule has 0 radical (unpaired) electrons. The molecule has 0 saturated heterocycles. The summed E-state index contributed by atoms with van der Waals surface area (Å²) in [5, 5.41) is 19.4. The highest BCUT2D eigenvalue weighted by Crippen LogP contribution is 2.25. The van der Waals surface area contributed by atoms with E-state index in [0.717, 1.165) is 0 Å². The van der Waals surface area contributed by atoms with Gasteiger partial charge in [-0.05, 0) is 17.7 Å². The predicted molar refractivity (Wildman–Crippen MR) is 72.2 cm³/mol.